The molecule has 0 aliphatic rings. The number of nitrogens with zero attached hydrogens (tertiary/aromatic N) is 2. The molecule has 0 amide bonds. The molecule has 1 aromatic heterocycles. The number of hydrogen-bond acceptors (Lipinski definition) is 2. The van der Waals surface area contributed by atoms with Gasteiger partial charge in [-0.3, -0.25) is 9.97 Å². The van der Waals surface area contributed by atoms with Crippen molar-refractivity contribution < 1.29 is 0 Å². The minimum Gasteiger partial charge on any atom is -0.253 e. The van der Waals surface area contributed by atoms with Crippen LogP contribution in [-0.4, -0.2) is 9.97 Å². The molecule has 4 aromatic rings. The van der Waals surface area contributed by atoms with E-state index in [2.05, 4.69) is 83.6 Å². The van der Waals surface area contributed by atoms with Gasteiger partial charge in [0, 0.05) is 18.3 Å². The van der Waals surface area contributed by atoms with Gasteiger partial charge in [-0.05, 0) is 34.4 Å². The van der Waals surface area contributed by atoms with Crippen molar-refractivity contribution in [2.45, 2.75) is 12.8 Å². The van der Waals surface area contributed by atoms with Crippen LogP contribution < -0.4 is 0 Å². The van der Waals surface area contributed by atoms with E-state index in [0.29, 0.717) is 5.92 Å². The highest BCUT2D eigenvalue weighted by molar-refractivity contribution is 5.81. The Hall–Kier alpha value is -3.00. The third-order valence-electron chi connectivity index (χ3n) is 4.49. The van der Waals surface area contributed by atoms with Crippen molar-refractivity contribution in [1.82, 2.24) is 9.97 Å². The van der Waals surface area contributed by atoms with E-state index in [9.17, 15) is 0 Å². The summed E-state index contributed by atoms with van der Waals surface area (Å²) in [5.74, 6) is 0.367. The lowest BCUT2D eigenvalue weighted by atomic mass is 9.91. The molecule has 2 nitrogen and oxygen atoms in total. The van der Waals surface area contributed by atoms with Gasteiger partial charge in [0.2, 0.25) is 0 Å². The maximum atomic E-state index is 4.41. The molecule has 3 aromatic carbocycles. The SMILES string of the molecule is CC(c1ccccc1)c1cccc(-c2ccc3nccnc3c2)c1. The van der Waals surface area contributed by atoms with Crippen molar-refractivity contribution in [3.63, 3.8) is 0 Å². The van der Waals surface area contributed by atoms with E-state index in [0.717, 1.165) is 11.0 Å². The molecule has 0 fully saturated rings. The van der Waals surface area contributed by atoms with E-state index in [-0.39, 0.29) is 0 Å². The molecule has 0 N–H and O–H groups in total. The third kappa shape index (κ3) is 2.79. The van der Waals surface area contributed by atoms with Gasteiger partial charge in [0.05, 0.1) is 11.0 Å². The molecule has 0 spiro atoms. The standard InChI is InChI=1S/C22H18N2/c1-16(17-6-3-2-4-7-17)18-8-5-9-19(14-18)20-10-11-21-22(15-20)24-13-12-23-21/h2-16H,1H3. The van der Waals surface area contributed by atoms with Crippen molar-refractivity contribution in [2.24, 2.45) is 0 Å². The van der Waals surface area contributed by atoms with Crippen molar-refractivity contribution in [2.75, 3.05) is 0 Å². The lowest BCUT2D eigenvalue weighted by Gasteiger charge is -2.14. The van der Waals surface area contributed by atoms with Gasteiger partial charge in [-0.25, -0.2) is 0 Å². The number of benzene rings is 3. The Morgan fingerprint density at radius 1 is 0.625 bits per heavy atom. The number of fused-ring (bicyclic) bond motifs is 1. The summed E-state index contributed by atoms with van der Waals surface area (Å²) in [5, 5.41) is 0. The summed E-state index contributed by atoms with van der Waals surface area (Å²) >= 11 is 0. The van der Waals surface area contributed by atoms with Crippen LogP contribution in [0.2, 0.25) is 0 Å². The van der Waals surface area contributed by atoms with Crippen molar-refractivity contribution in [3.05, 3.63) is 96.3 Å². The molecule has 0 saturated heterocycles. The number of aromatic nitrogens is 2. The molecule has 0 aliphatic carbocycles. The first-order chi connectivity index (χ1) is 11.8. The lowest BCUT2D eigenvalue weighted by Crippen LogP contribution is -1.96. The van der Waals surface area contributed by atoms with E-state index in [1.165, 1.54) is 22.3 Å². The Kier molecular flexibility index (Phi) is 3.80. The fourth-order valence-electron chi connectivity index (χ4n) is 3.06. The fraction of sp³-hybridized carbons (Fsp3) is 0.0909. The average molecular weight is 310 g/mol. The van der Waals surface area contributed by atoms with Crippen molar-refractivity contribution >= 4 is 11.0 Å². The van der Waals surface area contributed by atoms with Crippen LogP contribution in [0.1, 0.15) is 24.0 Å². The minimum atomic E-state index is 0.367. The van der Waals surface area contributed by atoms with Crippen LogP contribution in [0.4, 0.5) is 0 Å². The highest BCUT2D eigenvalue weighted by atomic mass is 14.8. The molecule has 4 rings (SSSR count). The van der Waals surface area contributed by atoms with E-state index in [1.54, 1.807) is 12.4 Å². The molecule has 0 bridgehead atoms. The first-order valence-corrected chi connectivity index (χ1v) is 8.17. The largest absolute Gasteiger partial charge is 0.253 e. The van der Waals surface area contributed by atoms with E-state index in [4.69, 9.17) is 0 Å². The molecule has 1 unspecified atom stereocenters. The Bertz CT molecular complexity index is 977. The molecule has 0 radical (unpaired) electrons. The van der Waals surface area contributed by atoms with E-state index in [1.807, 2.05) is 6.07 Å². The first-order valence-electron chi connectivity index (χ1n) is 8.17. The van der Waals surface area contributed by atoms with Crippen LogP contribution in [0.15, 0.2) is 85.2 Å². The Labute approximate surface area is 141 Å². The van der Waals surface area contributed by atoms with Gasteiger partial charge in [-0.1, -0.05) is 67.6 Å². The van der Waals surface area contributed by atoms with Crippen molar-refractivity contribution in [1.29, 1.82) is 0 Å². The molecule has 1 atom stereocenters. The maximum Gasteiger partial charge on any atom is 0.0892 e. The van der Waals surface area contributed by atoms with Crippen molar-refractivity contribution in [3.8, 4) is 11.1 Å². The van der Waals surface area contributed by atoms with Gasteiger partial charge in [0.15, 0.2) is 0 Å². The fourth-order valence-corrected chi connectivity index (χ4v) is 3.06. The van der Waals surface area contributed by atoms with Crippen LogP contribution in [-0.2, 0) is 0 Å². The van der Waals surface area contributed by atoms with Crippen LogP contribution in [0, 0.1) is 0 Å². The summed E-state index contributed by atoms with van der Waals surface area (Å²) in [7, 11) is 0. The Morgan fingerprint density at radius 2 is 1.33 bits per heavy atom. The summed E-state index contributed by atoms with van der Waals surface area (Å²) < 4.78 is 0. The lowest BCUT2D eigenvalue weighted by molar-refractivity contribution is 0.923. The van der Waals surface area contributed by atoms with Gasteiger partial charge in [0.25, 0.3) is 0 Å². The molecular weight excluding hydrogens is 292 g/mol. The smallest absolute Gasteiger partial charge is 0.0892 e. The van der Waals surface area contributed by atoms with Crippen LogP contribution in [0.25, 0.3) is 22.2 Å². The zero-order valence-electron chi connectivity index (χ0n) is 13.6. The summed E-state index contributed by atoms with van der Waals surface area (Å²) in [6, 6.07) is 25.6. The summed E-state index contributed by atoms with van der Waals surface area (Å²) in [6.45, 7) is 2.25. The van der Waals surface area contributed by atoms with Crippen LogP contribution >= 0.6 is 0 Å². The third-order valence-corrected chi connectivity index (χ3v) is 4.49. The van der Waals surface area contributed by atoms with Gasteiger partial charge in [-0.2, -0.15) is 0 Å². The minimum absolute atomic E-state index is 0.367. The second-order valence-electron chi connectivity index (χ2n) is 6.02. The molecule has 24 heavy (non-hydrogen) atoms. The number of hydrogen-bond donors (Lipinski definition) is 0. The van der Waals surface area contributed by atoms with Crippen LogP contribution in [0.5, 0.6) is 0 Å². The highest BCUT2D eigenvalue weighted by Gasteiger charge is 2.09. The van der Waals surface area contributed by atoms with E-state index < -0.39 is 0 Å². The average Bonchev–Trinajstić information content (AvgIpc) is 2.68. The zero-order valence-corrected chi connectivity index (χ0v) is 13.6. The van der Waals surface area contributed by atoms with Gasteiger partial charge < -0.3 is 0 Å². The maximum absolute atomic E-state index is 4.41. The zero-order chi connectivity index (χ0) is 16.4. The monoisotopic (exact) mass is 310 g/mol. The second kappa shape index (κ2) is 6.25. The molecule has 0 aliphatic heterocycles. The van der Waals surface area contributed by atoms with Gasteiger partial charge in [0.1, 0.15) is 0 Å². The summed E-state index contributed by atoms with van der Waals surface area (Å²) in [5.41, 5.74) is 6.89. The highest BCUT2D eigenvalue weighted by Crippen LogP contribution is 2.29. The molecule has 0 saturated carbocycles. The quantitative estimate of drug-likeness (QED) is 0.503. The molecular formula is C22H18N2. The number of rotatable bonds is 3. The topological polar surface area (TPSA) is 25.8 Å². The van der Waals surface area contributed by atoms with Gasteiger partial charge >= 0.3 is 0 Å². The normalized spacial score (nSPS) is 12.2. The summed E-state index contributed by atoms with van der Waals surface area (Å²) in [6.07, 6.45) is 3.46. The van der Waals surface area contributed by atoms with Crippen LogP contribution in [0.3, 0.4) is 0 Å². The molecule has 116 valence electrons. The predicted octanol–water partition coefficient (Wildman–Crippen LogP) is 5.45. The summed E-state index contributed by atoms with van der Waals surface area (Å²) in [4.78, 5) is 8.75. The van der Waals surface area contributed by atoms with E-state index >= 15 is 0 Å². The molecule has 1 heterocycles. The first kappa shape index (κ1) is 14.6. The Balaban J connectivity index is 1.73. The predicted molar refractivity (Wildman–Crippen MR) is 98.9 cm³/mol. The Morgan fingerprint density at radius 3 is 2.17 bits per heavy atom. The molecule has 2 heteroatoms. The van der Waals surface area contributed by atoms with Gasteiger partial charge in [-0.15, -0.1) is 0 Å². The second-order valence-corrected chi connectivity index (χ2v) is 6.02.